The molecular weight excluding hydrogens is 482 g/mol. The third-order valence-electron chi connectivity index (χ3n) is 6.00. The summed E-state index contributed by atoms with van der Waals surface area (Å²) < 4.78 is 16.8. The van der Waals surface area contributed by atoms with Gasteiger partial charge in [0.2, 0.25) is 0 Å². The van der Waals surface area contributed by atoms with Crippen molar-refractivity contribution in [3.63, 3.8) is 0 Å². The van der Waals surface area contributed by atoms with Crippen molar-refractivity contribution < 1.29 is 5.76 Å². The molecule has 1 fully saturated rings. The first-order valence-corrected chi connectivity index (χ1v) is 11.4. The van der Waals surface area contributed by atoms with Crippen molar-refractivity contribution in [2.24, 2.45) is 23.7 Å². The van der Waals surface area contributed by atoms with Gasteiger partial charge in [0, 0.05) is 3.57 Å². The third kappa shape index (κ3) is 6.94. The fourth-order valence-corrected chi connectivity index (χ4v) is 5.02. The Labute approximate surface area is 197 Å². The van der Waals surface area contributed by atoms with Gasteiger partial charge in [-0.15, -0.1) is 0 Å². The van der Waals surface area contributed by atoms with Crippen molar-refractivity contribution in [1.82, 2.24) is 0 Å². The van der Waals surface area contributed by atoms with E-state index in [9.17, 15) is 4.39 Å². The summed E-state index contributed by atoms with van der Waals surface area (Å²) in [6, 6.07) is 21.2. The first-order chi connectivity index (χ1) is 14.7. The maximum atomic E-state index is 9.96. The molecule has 3 unspecified atom stereocenters. The Hall–Kier alpha value is -1.68. The van der Waals surface area contributed by atoms with Crippen molar-refractivity contribution in [2.45, 2.75) is 32.6 Å². The van der Waals surface area contributed by atoms with E-state index in [1.54, 1.807) is 5.56 Å². The molecule has 160 valence electrons. The third-order valence-corrected chi connectivity index (χ3v) is 6.71. The van der Waals surface area contributed by atoms with Gasteiger partial charge in [-0.05, 0) is 89.1 Å². The molecule has 0 heterocycles. The summed E-state index contributed by atoms with van der Waals surface area (Å²) in [6.07, 6.45) is 18.2. The fraction of sp³-hybridized carbons (Fsp3) is 0.357. The maximum absolute atomic E-state index is 9.96. The molecule has 4 aliphatic carbocycles. The van der Waals surface area contributed by atoms with E-state index >= 15 is 0 Å². The zero-order chi connectivity index (χ0) is 21.2. The van der Waals surface area contributed by atoms with Crippen molar-refractivity contribution >= 4 is 22.6 Å². The molecule has 4 bridgehead atoms. The minimum absolute atomic E-state index is 0. The van der Waals surface area contributed by atoms with Crippen LogP contribution < -0.4 is 0 Å². The number of benzene rings is 2. The quantitative estimate of drug-likeness (QED) is 0.262. The van der Waals surface area contributed by atoms with E-state index in [1.165, 1.54) is 22.8 Å². The molecule has 0 aliphatic heterocycles. The monoisotopic (exact) mass is 517 g/mol. The minimum atomic E-state index is -1.00. The largest absolute Gasteiger partial charge is 0.255 e. The second-order valence-electron chi connectivity index (χ2n) is 7.93. The van der Waals surface area contributed by atoms with Gasteiger partial charge >= 0.3 is 0 Å². The normalized spacial score (nSPS) is 28.2. The highest BCUT2D eigenvalue weighted by molar-refractivity contribution is 14.1. The van der Waals surface area contributed by atoms with E-state index in [-0.39, 0.29) is 7.43 Å². The minimum Gasteiger partial charge on any atom is -0.255 e. The number of halogens is 2. The van der Waals surface area contributed by atoms with Gasteiger partial charge in [0.1, 0.15) is 0 Å². The van der Waals surface area contributed by atoms with E-state index in [0.29, 0.717) is 0 Å². The lowest BCUT2D eigenvalue weighted by Gasteiger charge is -2.17. The fourth-order valence-electron chi connectivity index (χ4n) is 4.61. The van der Waals surface area contributed by atoms with Crippen LogP contribution in [0, 0.1) is 27.2 Å². The van der Waals surface area contributed by atoms with Crippen LogP contribution in [0.3, 0.4) is 0 Å². The van der Waals surface area contributed by atoms with E-state index in [4.69, 9.17) is 1.37 Å². The molecule has 6 rings (SSSR count). The first-order valence-electron chi connectivity index (χ1n) is 11.1. The number of alkyl halides is 1. The van der Waals surface area contributed by atoms with E-state index in [0.717, 1.165) is 29.6 Å². The van der Waals surface area contributed by atoms with Crippen LogP contribution in [0.2, 0.25) is 0 Å². The Balaban J connectivity index is 0.000000163. The number of fused-ring (bicyclic) bond motifs is 4. The summed E-state index contributed by atoms with van der Waals surface area (Å²) in [4.78, 5) is 0. The van der Waals surface area contributed by atoms with Gasteiger partial charge in [0.25, 0.3) is 0 Å². The summed E-state index contributed by atoms with van der Waals surface area (Å²) in [6.45, 7) is 0. The Morgan fingerprint density at radius 2 is 1.30 bits per heavy atom. The van der Waals surface area contributed by atoms with Crippen LogP contribution in [0.5, 0.6) is 0 Å². The standard InChI is InChI=1S/C13H14.C7H8.C6H5I.CH3F.CH4/c1-2-4-11(5-3-1)13-9-10-6-7-12(13)8-10;1-2-7-4-3-6(1)5-7;7-6-4-2-1-3-5-6;1-2;/h1-7,10,12-13H,8-9H2;1-4,6-7H,5H2;1-5H;1H3;1H4/i;;;1D;. The second kappa shape index (κ2) is 12.9. The Bertz CT molecular complexity index is 803. The predicted octanol–water partition coefficient (Wildman–Crippen LogP) is 8.63. The highest BCUT2D eigenvalue weighted by Gasteiger charge is 2.36. The van der Waals surface area contributed by atoms with Gasteiger partial charge in [-0.25, -0.2) is 0 Å². The molecule has 0 spiro atoms. The number of hydrogen-bond donors (Lipinski definition) is 0. The number of hydrogen-bond acceptors (Lipinski definition) is 0. The van der Waals surface area contributed by atoms with Crippen LogP contribution in [0.15, 0.2) is 97.1 Å². The molecule has 0 N–H and O–H groups in total. The Morgan fingerprint density at radius 3 is 1.63 bits per heavy atom. The summed E-state index contributed by atoms with van der Waals surface area (Å²) in [5.41, 5.74) is 1.54. The van der Waals surface area contributed by atoms with Gasteiger partial charge in [0.05, 0.1) is 8.52 Å². The summed E-state index contributed by atoms with van der Waals surface area (Å²) in [7, 11) is -1.00. The summed E-state index contributed by atoms with van der Waals surface area (Å²) in [5.74, 6) is 4.16. The molecule has 0 radical (unpaired) electrons. The lowest BCUT2D eigenvalue weighted by atomic mass is 9.87. The van der Waals surface area contributed by atoms with E-state index < -0.39 is 7.15 Å². The summed E-state index contributed by atoms with van der Waals surface area (Å²) in [5, 5.41) is 0. The molecule has 2 aromatic carbocycles. The predicted molar refractivity (Wildman–Crippen MR) is 137 cm³/mol. The van der Waals surface area contributed by atoms with Gasteiger partial charge in [0.15, 0.2) is 0 Å². The van der Waals surface area contributed by atoms with E-state index in [2.05, 4.69) is 102 Å². The highest BCUT2D eigenvalue weighted by Crippen LogP contribution is 2.48. The molecule has 4 aliphatic rings. The molecule has 2 aromatic rings. The van der Waals surface area contributed by atoms with Crippen LogP contribution in [-0.4, -0.2) is 7.15 Å². The maximum Gasteiger partial charge on any atom is 0.0785 e. The van der Waals surface area contributed by atoms with E-state index in [1.807, 2.05) is 18.2 Å². The second-order valence-corrected chi connectivity index (χ2v) is 9.17. The Kier molecular flexibility index (Phi) is 9.88. The molecule has 1 saturated carbocycles. The van der Waals surface area contributed by atoms with Crippen LogP contribution in [0.25, 0.3) is 0 Å². The summed E-state index contributed by atoms with van der Waals surface area (Å²) >= 11 is 2.28. The van der Waals surface area contributed by atoms with Crippen LogP contribution in [0.1, 0.15) is 39.5 Å². The molecule has 0 aromatic heterocycles. The molecule has 3 atom stereocenters. The average Bonchev–Trinajstić information content (AvgIpc) is 3.59. The molecule has 0 nitrogen and oxygen atoms in total. The van der Waals surface area contributed by atoms with Gasteiger partial charge in [-0.1, -0.05) is 92.4 Å². The molecule has 2 heteroatoms. The molecule has 0 saturated heterocycles. The van der Waals surface area contributed by atoms with Gasteiger partial charge in [-0.2, -0.15) is 0 Å². The van der Waals surface area contributed by atoms with Crippen molar-refractivity contribution in [3.8, 4) is 0 Å². The zero-order valence-electron chi connectivity index (χ0n) is 17.7. The van der Waals surface area contributed by atoms with Gasteiger partial charge in [-0.3, -0.25) is 4.39 Å². The van der Waals surface area contributed by atoms with Crippen LogP contribution in [0.4, 0.5) is 4.39 Å². The lowest BCUT2D eigenvalue weighted by Crippen LogP contribution is -2.04. The zero-order valence-corrected chi connectivity index (χ0v) is 18.9. The average molecular weight is 517 g/mol. The smallest absolute Gasteiger partial charge is 0.0785 e. The van der Waals surface area contributed by atoms with Crippen molar-refractivity contribution in [2.75, 3.05) is 7.15 Å². The molecule has 0 amide bonds. The number of allylic oxidation sites excluding steroid dienone is 6. The molecule has 30 heavy (non-hydrogen) atoms. The Morgan fingerprint density at radius 1 is 0.767 bits per heavy atom. The van der Waals surface area contributed by atoms with Crippen LogP contribution in [-0.2, 0) is 0 Å². The number of rotatable bonds is 1. The SMILES string of the molecule is C.C1=CC2C=CC1C2.C1=CC2CC1CC2c1ccccc1.Ic1ccccc1.[2H]CF. The lowest BCUT2D eigenvalue weighted by molar-refractivity contribution is 0.585. The highest BCUT2D eigenvalue weighted by atomic mass is 127. The van der Waals surface area contributed by atoms with Crippen LogP contribution >= 0.6 is 22.6 Å². The van der Waals surface area contributed by atoms with Crippen molar-refractivity contribution in [3.05, 3.63) is 106 Å². The van der Waals surface area contributed by atoms with Gasteiger partial charge < -0.3 is 0 Å². The topological polar surface area (TPSA) is 0 Å². The first kappa shape index (κ1) is 23.0. The van der Waals surface area contributed by atoms with Crippen molar-refractivity contribution in [1.29, 1.82) is 0 Å². The molecular formula is C28H34FI.